The van der Waals surface area contributed by atoms with Crippen molar-refractivity contribution in [2.45, 2.75) is 52.5 Å². The molecule has 2 fully saturated rings. The topological polar surface area (TPSA) is 52.7 Å². The van der Waals surface area contributed by atoms with Gasteiger partial charge in [-0.2, -0.15) is 12.7 Å². The quantitative estimate of drug-likeness (QED) is 0.839. The summed E-state index contributed by atoms with van der Waals surface area (Å²) in [6, 6.07) is 0.268. The monoisotopic (exact) mass is 317 g/mol. The molecule has 2 heterocycles. The predicted molar refractivity (Wildman–Crippen MR) is 86.3 cm³/mol. The summed E-state index contributed by atoms with van der Waals surface area (Å²) < 4.78 is 29.2. The molecule has 21 heavy (non-hydrogen) atoms. The second-order valence-corrected chi connectivity index (χ2v) is 8.81. The highest BCUT2D eigenvalue weighted by molar-refractivity contribution is 7.87. The van der Waals surface area contributed by atoms with Crippen LogP contribution in [0.5, 0.6) is 0 Å². The number of nitrogens with zero attached hydrogens (tertiary/aromatic N) is 2. The van der Waals surface area contributed by atoms with Crippen LogP contribution in [0.2, 0.25) is 0 Å². The van der Waals surface area contributed by atoms with Gasteiger partial charge in [-0.25, -0.2) is 4.72 Å². The van der Waals surface area contributed by atoms with Gasteiger partial charge in [0.25, 0.3) is 10.2 Å². The van der Waals surface area contributed by atoms with Crippen molar-refractivity contribution in [1.29, 1.82) is 0 Å². The Morgan fingerprint density at radius 3 is 2.33 bits per heavy atom. The second-order valence-electron chi connectivity index (χ2n) is 7.05. The Bertz CT molecular complexity index is 427. The summed E-state index contributed by atoms with van der Waals surface area (Å²) in [5.74, 6) is 1.19. The minimum absolute atomic E-state index is 0.268. The van der Waals surface area contributed by atoms with Crippen molar-refractivity contribution < 1.29 is 8.42 Å². The molecule has 2 rings (SSSR count). The zero-order valence-corrected chi connectivity index (χ0v) is 14.5. The fraction of sp³-hybridized carbons (Fsp3) is 1.00. The van der Waals surface area contributed by atoms with Crippen LogP contribution in [-0.4, -0.2) is 56.4 Å². The van der Waals surface area contributed by atoms with Gasteiger partial charge < -0.3 is 0 Å². The van der Waals surface area contributed by atoms with Crippen LogP contribution >= 0.6 is 0 Å². The first-order valence-electron chi connectivity index (χ1n) is 8.37. The number of likely N-dealkylation sites (tertiary alicyclic amines) is 1. The molecular weight excluding hydrogens is 286 g/mol. The Morgan fingerprint density at radius 1 is 1.10 bits per heavy atom. The molecule has 0 aromatic carbocycles. The predicted octanol–water partition coefficient (Wildman–Crippen LogP) is 1.67. The Hall–Kier alpha value is -0.170. The lowest BCUT2D eigenvalue weighted by Crippen LogP contribution is -2.50. The molecule has 3 atom stereocenters. The zero-order valence-electron chi connectivity index (χ0n) is 13.7. The normalized spacial score (nSPS) is 31.2. The van der Waals surface area contributed by atoms with Gasteiger partial charge in [0.15, 0.2) is 0 Å². The molecule has 6 heteroatoms. The molecule has 2 aliphatic heterocycles. The molecule has 5 nitrogen and oxygen atoms in total. The molecule has 0 radical (unpaired) electrons. The molecule has 1 N–H and O–H groups in total. The number of piperidine rings is 2. The van der Waals surface area contributed by atoms with E-state index in [2.05, 4.69) is 30.4 Å². The highest BCUT2D eigenvalue weighted by Gasteiger charge is 2.28. The van der Waals surface area contributed by atoms with Gasteiger partial charge in [0.2, 0.25) is 0 Å². The Balaban J connectivity index is 1.83. The van der Waals surface area contributed by atoms with Crippen LogP contribution in [0.4, 0.5) is 0 Å². The lowest BCUT2D eigenvalue weighted by atomic mass is 9.99. The van der Waals surface area contributed by atoms with Crippen molar-refractivity contribution >= 4 is 10.2 Å². The van der Waals surface area contributed by atoms with E-state index in [9.17, 15) is 8.42 Å². The smallest absolute Gasteiger partial charge is 0.279 e. The van der Waals surface area contributed by atoms with Gasteiger partial charge >= 0.3 is 0 Å². The Labute approximate surface area is 130 Å². The summed E-state index contributed by atoms with van der Waals surface area (Å²) >= 11 is 0. The molecule has 2 aliphatic rings. The summed E-state index contributed by atoms with van der Waals surface area (Å²) in [6.45, 7) is 10.5. The van der Waals surface area contributed by atoms with Crippen LogP contribution < -0.4 is 4.72 Å². The SMILES string of the molecule is CC1CCCN(C(C)CNS(=O)(=O)N2CCCC(C)C2)C1. The zero-order chi connectivity index (χ0) is 15.5. The highest BCUT2D eigenvalue weighted by Crippen LogP contribution is 2.19. The first-order chi connectivity index (χ1) is 9.88. The average Bonchev–Trinajstić information content (AvgIpc) is 2.45. The van der Waals surface area contributed by atoms with Gasteiger partial charge in [-0.05, 0) is 51.0 Å². The number of hydrogen-bond donors (Lipinski definition) is 1. The van der Waals surface area contributed by atoms with Crippen LogP contribution in [0.15, 0.2) is 0 Å². The van der Waals surface area contributed by atoms with E-state index in [-0.39, 0.29) is 6.04 Å². The number of nitrogens with one attached hydrogen (secondary N) is 1. The summed E-state index contributed by atoms with van der Waals surface area (Å²) in [5, 5.41) is 0. The van der Waals surface area contributed by atoms with Crippen molar-refractivity contribution in [3.8, 4) is 0 Å². The summed E-state index contributed by atoms with van der Waals surface area (Å²) in [7, 11) is -3.31. The maximum Gasteiger partial charge on any atom is 0.279 e. The fourth-order valence-corrected chi connectivity index (χ4v) is 4.89. The van der Waals surface area contributed by atoms with Crippen molar-refractivity contribution in [3.05, 3.63) is 0 Å². The molecule has 0 bridgehead atoms. The standard InChI is InChI=1S/C15H31N3O2S/c1-13-6-4-8-17(11-13)15(3)10-16-21(19,20)18-9-5-7-14(2)12-18/h13-16H,4-12H2,1-3H3. The van der Waals surface area contributed by atoms with E-state index < -0.39 is 10.2 Å². The van der Waals surface area contributed by atoms with Crippen molar-refractivity contribution in [1.82, 2.24) is 13.9 Å². The Kier molecular flexibility index (Phi) is 6.05. The Morgan fingerprint density at radius 2 is 1.71 bits per heavy atom. The molecule has 0 aromatic heterocycles. The molecule has 0 saturated carbocycles. The lowest BCUT2D eigenvalue weighted by molar-refractivity contribution is 0.139. The number of hydrogen-bond acceptors (Lipinski definition) is 3. The first kappa shape index (κ1) is 17.2. The summed E-state index contributed by atoms with van der Waals surface area (Å²) in [5.41, 5.74) is 0. The molecule has 0 spiro atoms. The molecule has 0 aliphatic carbocycles. The minimum atomic E-state index is -3.31. The van der Waals surface area contributed by atoms with Crippen LogP contribution in [0.3, 0.4) is 0 Å². The highest BCUT2D eigenvalue weighted by atomic mass is 32.2. The van der Waals surface area contributed by atoms with Crippen LogP contribution in [0, 0.1) is 11.8 Å². The van der Waals surface area contributed by atoms with E-state index >= 15 is 0 Å². The largest absolute Gasteiger partial charge is 0.299 e. The summed E-state index contributed by atoms with van der Waals surface area (Å²) in [6.07, 6.45) is 4.62. The van der Waals surface area contributed by atoms with Crippen LogP contribution in [0.25, 0.3) is 0 Å². The third-order valence-corrected chi connectivity index (χ3v) is 6.38. The summed E-state index contributed by atoms with van der Waals surface area (Å²) in [4.78, 5) is 2.41. The van der Waals surface area contributed by atoms with E-state index in [1.165, 1.54) is 12.8 Å². The van der Waals surface area contributed by atoms with Gasteiger partial charge in [0.05, 0.1) is 0 Å². The van der Waals surface area contributed by atoms with Gasteiger partial charge in [0, 0.05) is 32.2 Å². The third-order valence-electron chi connectivity index (χ3n) is 4.83. The fourth-order valence-electron chi connectivity index (χ4n) is 3.44. The molecule has 3 unspecified atom stereocenters. The van der Waals surface area contributed by atoms with E-state index in [0.29, 0.717) is 25.6 Å². The maximum atomic E-state index is 12.4. The molecule has 0 amide bonds. The lowest BCUT2D eigenvalue weighted by Gasteiger charge is -2.36. The van der Waals surface area contributed by atoms with Gasteiger partial charge in [-0.3, -0.25) is 4.90 Å². The van der Waals surface area contributed by atoms with Crippen LogP contribution in [-0.2, 0) is 10.2 Å². The van der Waals surface area contributed by atoms with E-state index in [1.807, 2.05) is 0 Å². The van der Waals surface area contributed by atoms with E-state index in [1.54, 1.807) is 4.31 Å². The molecule has 0 aromatic rings. The third kappa shape index (κ3) is 4.91. The molecule has 124 valence electrons. The van der Waals surface area contributed by atoms with E-state index in [0.717, 1.165) is 31.8 Å². The van der Waals surface area contributed by atoms with Crippen molar-refractivity contribution in [2.24, 2.45) is 11.8 Å². The first-order valence-corrected chi connectivity index (χ1v) is 9.81. The molecule has 2 saturated heterocycles. The van der Waals surface area contributed by atoms with Crippen LogP contribution in [0.1, 0.15) is 46.5 Å². The van der Waals surface area contributed by atoms with Gasteiger partial charge in [0.1, 0.15) is 0 Å². The average molecular weight is 317 g/mol. The minimum Gasteiger partial charge on any atom is -0.299 e. The van der Waals surface area contributed by atoms with E-state index in [4.69, 9.17) is 0 Å². The maximum absolute atomic E-state index is 12.4. The van der Waals surface area contributed by atoms with Crippen molar-refractivity contribution in [3.63, 3.8) is 0 Å². The van der Waals surface area contributed by atoms with Gasteiger partial charge in [-0.1, -0.05) is 13.8 Å². The van der Waals surface area contributed by atoms with Gasteiger partial charge in [-0.15, -0.1) is 0 Å². The molecular formula is C15H31N3O2S. The second kappa shape index (κ2) is 7.40. The number of rotatable bonds is 5. The van der Waals surface area contributed by atoms with Crippen molar-refractivity contribution in [2.75, 3.05) is 32.7 Å².